The normalized spacial score (nSPS) is 18.9. The van der Waals surface area contributed by atoms with Crippen molar-refractivity contribution in [2.45, 2.75) is 5.60 Å². The number of pyridine rings is 1. The Kier molecular flexibility index (Phi) is 5.09. The Hall–Kier alpha value is -2.01. The zero-order valence-electron chi connectivity index (χ0n) is 14.2. The molecule has 0 aliphatic carbocycles. The molecule has 4 nitrogen and oxygen atoms in total. The van der Waals surface area contributed by atoms with Crippen LogP contribution >= 0.6 is 0 Å². The van der Waals surface area contributed by atoms with Gasteiger partial charge in [0.05, 0.1) is 5.69 Å². The Morgan fingerprint density at radius 1 is 1.08 bits per heavy atom. The van der Waals surface area contributed by atoms with Crippen LogP contribution in [-0.2, 0) is 5.60 Å². The van der Waals surface area contributed by atoms with Crippen LogP contribution in [0.3, 0.4) is 0 Å². The van der Waals surface area contributed by atoms with Crippen LogP contribution < -0.4 is 0 Å². The van der Waals surface area contributed by atoms with Gasteiger partial charge in [-0.1, -0.05) is 43.0 Å². The maximum Gasteiger partial charge on any atom is 0.154 e. The molecule has 0 radical (unpaired) electrons. The second kappa shape index (κ2) is 7.26. The topological polar surface area (TPSA) is 39.6 Å². The average Bonchev–Trinajstić information content (AvgIpc) is 2.64. The van der Waals surface area contributed by atoms with E-state index >= 15 is 0 Å². The van der Waals surface area contributed by atoms with Gasteiger partial charge in [-0.3, -0.25) is 9.88 Å². The molecule has 1 atom stereocenters. The van der Waals surface area contributed by atoms with Crippen molar-refractivity contribution in [3.63, 3.8) is 0 Å². The molecular weight excluding hydrogens is 298 g/mol. The van der Waals surface area contributed by atoms with E-state index in [-0.39, 0.29) is 0 Å². The van der Waals surface area contributed by atoms with Crippen molar-refractivity contribution in [1.82, 2.24) is 14.8 Å². The third-order valence-corrected chi connectivity index (χ3v) is 4.75. The second-order valence-electron chi connectivity index (χ2n) is 6.47. The molecule has 1 fully saturated rings. The van der Waals surface area contributed by atoms with Gasteiger partial charge in [-0.25, -0.2) is 0 Å². The first kappa shape index (κ1) is 16.8. The van der Waals surface area contributed by atoms with E-state index in [4.69, 9.17) is 0 Å². The molecule has 1 unspecified atom stereocenters. The largest absolute Gasteiger partial charge is 0.375 e. The lowest BCUT2D eigenvalue weighted by molar-refractivity contribution is 0.0956. The van der Waals surface area contributed by atoms with E-state index in [1.165, 1.54) is 0 Å². The monoisotopic (exact) mass is 323 g/mol. The Morgan fingerprint density at radius 2 is 1.75 bits per heavy atom. The van der Waals surface area contributed by atoms with E-state index in [0.29, 0.717) is 12.2 Å². The standard InChI is InChI=1S/C20H25N3O/c1-17(16-23-14-12-22(2)13-15-23)20(24,18-8-4-3-5-9-18)19-10-6-7-11-21-19/h3-11,24H,1,12-16H2,2H3. The summed E-state index contributed by atoms with van der Waals surface area (Å²) >= 11 is 0. The molecule has 24 heavy (non-hydrogen) atoms. The van der Waals surface area contributed by atoms with Gasteiger partial charge in [0, 0.05) is 38.9 Å². The average molecular weight is 323 g/mol. The van der Waals surface area contributed by atoms with Crippen LogP contribution in [0.1, 0.15) is 11.3 Å². The number of hydrogen-bond donors (Lipinski definition) is 1. The number of likely N-dealkylation sites (N-methyl/N-ethyl adjacent to an activating group) is 1. The number of rotatable bonds is 5. The van der Waals surface area contributed by atoms with Crippen LogP contribution in [0, 0.1) is 0 Å². The van der Waals surface area contributed by atoms with Crippen LogP contribution in [0.4, 0.5) is 0 Å². The number of benzene rings is 1. The fourth-order valence-corrected chi connectivity index (χ4v) is 3.18. The molecule has 3 rings (SSSR count). The van der Waals surface area contributed by atoms with Gasteiger partial charge in [0.2, 0.25) is 0 Å². The highest BCUT2D eigenvalue weighted by molar-refractivity contribution is 5.41. The van der Waals surface area contributed by atoms with Crippen LogP contribution in [0.2, 0.25) is 0 Å². The summed E-state index contributed by atoms with van der Waals surface area (Å²) in [6, 6.07) is 15.3. The molecule has 2 heterocycles. The first-order valence-electron chi connectivity index (χ1n) is 8.39. The van der Waals surface area contributed by atoms with E-state index in [1.807, 2.05) is 48.5 Å². The summed E-state index contributed by atoms with van der Waals surface area (Å²) in [6.45, 7) is 8.97. The predicted molar refractivity (Wildman–Crippen MR) is 96.8 cm³/mol. The number of piperazine rings is 1. The fourth-order valence-electron chi connectivity index (χ4n) is 3.18. The van der Waals surface area contributed by atoms with Crippen molar-refractivity contribution in [2.75, 3.05) is 39.8 Å². The van der Waals surface area contributed by atoms with Crippen molar-refractivity contribution in [3.8, 4) is 0 Å². The van der Waals surface area contributed by atoms with E-state index in [1.54, 1.807) is 6.20 Å². The molecule has 0 bridgehead atoms. The Balaban J connectivity index is 1.89. The summed E-state index contributed by atoms with van der Waals surface area (Å²) in [5.41, 5.74) is 0.918. The molecule has 1 aromatic heterocycles. The summed E-state index contributed by atoms with van der Waals surface area (Å²) in [5, 5.41) is 11.6. The molecule has 1 aliphatic rings. The first-order valence-corrected chi connectivity index (χ1v) is 8.39. The fraction of sp³-hybridized carbons (Fsp3) is 0.350. The van der Waals surface area contributed by atoms with Crippen LogP contribution in [0.5, 0.6) is 0 Å². The van der Waals surface area contributed by atoms with Gasteiger partial charge in [-0.15, -0.1) is 0 Å². The highest BCUT2D eigenvalue weighted by atomic mass is 16.3. The van der Waals surface area contributed by atoms with Crippen molar-refractivity contribution in [1.29, 1.82) is 0 Å². The summed E-state index contributed by atoms with van der Waals surface area (Å²) in [7, 11) is 2.14. The molecule has 1 aliphatic heterocycles. The lowest BCUT2D eigenvalue weighted by Crippen LogP contribution is -2.47. The van der Waals surface area contributed by atoms with Crippen LogP contribution in [-0.4, -0.2) is 59.7 Å². The minimum Gasteiger partial charge on any atom is -0.375 e. The lowest BCUT2D eigenvalue weighted by atomic mass is 9.83. The number of aromatic nitrogens is 1. The van der Waals surface area contributed by atoms with Gasteiger partial charge in [0.25, 0.3) is 0 Å². The van der Waals surface area contributed by atoms with Crippen molar-refractivity contribution >= 4 is 0 Å². The first-order chi connectivity index (χ1) is 11.6. The predicted octanol–water partition coefficient (Wildman–Crippen LogP) is 2.12. The molecule has 126 valence electrons. The number of nitrogens with zero attached hydrogens (tertiary/aromatic N) is 3. The third-order valence-electron chi connectivity index (χ3n) is 4.75. The van der Waals surface area contributed by atoms with Crippen LogP contribution in [0.25, 0.3) is 0 Å². The molecule has 1 N–H and O–H groups in total. The smallest absolute Gasteiger partial charge is 0.154 e. The van der Waals surface area contributed by atoms with Gasteiger partial charge in [0.15, 0.2) is 5.60 Å². The van der Waals surface area contributed by atoms with E-state index < -0.39 is 5.60 Å². The highest BCUT2D eigenvalue weighted by Crippen LogP contribution is 2.35. The van der Waals surface area contributed by atoms with Gasteiger partial charge in [0.1, 0.15) is 0 Å². The maximum absolute atomic E-state index is 11.6. The summed E-state index contributed by atoms with van der Waals surface area (Å²) < 4.78 is 0. The van der Waals surface area contributed by atoms with Gasteiger partial charge < -0.3 is 10.0 Å². The molecule has 1 aromatic carbocycles. The molecule has 2 aromatic rings. The quantitative estimate of drug-likeness (QED) is 0.856. The molecular formula is C20H25N3O. The van der Waals surface area contributed by atoms with Gasteiger partial charge in [-0.05, 0) is 30.3 Å². The Morgan fingerprint density at radius 3 is 2.38 bits per heavy atom. The highest BCUT2D eigenvalue weighted by Gasteiger charge is 2.36. The van der Waals surface area contributed by atoms with E-state index in [2.05, 4.69) is 28.4 Å². The molecule has 4 heteroatoms. The zero-order chi connectivity index (χ0) is 17.0. The van der Waals surface area contributed by atoms with Crippen molar-refractivity contribution in [3.05, 3.63) is 78.1 Å². The minimum absolute atomic E-state index is 0.621. The van der Waals surface area contributed by atoms with E-state index in [0.717, 1.165) is 37.3 Å². The minimum atomic E-state index is -1.27. The Bertz CT molecular complexity index is 624. The molecule has 0 amide bonds. The lowest BCUT2D eigenvalue weighted by Gasteiger charge is -2.37. The molecule has 0 spiro atoms. The third kappa shape index (κ3) is 3.41. The summed E-state index contributed by atoms with van der Waals surface area (Å²) in [4.78, 5) is 9.08. The maximum atomic E-state index is 11.6. The van der Waals surface area contributed by atoms with E-state index in [9.17, 15) is 5.11 Å². The second-order valence-corrected chi connectivity index (χ2v) is 6.47. The molecule has 0 saturated carbocycles. The Labute approximate surface area is 144 Å². The summed E-state index contributed by atoms with van der Waals surface area (Å²) in [6.07, 6.45) is 1.71. The number of aliphatic hydroxyl groups is 1. The van der Waals surface area contributed by atoms with Gasteiger partial charge in [-0.2, -0.15) is 0 Å². The van der Waals surface area contributed by atoms with Crippen molar-refractivity contribution < 1.29 is 5.11 Å². The molecule has 1 saturated heterocycles. The summed E-state index contributed by atoms with van der Waals surface area (Å²) in [5.74, 6) is 0. The SMILES string of the molecule is C=C(CN1CCN(C)CC1)C(O)(c1ccccc1)c1ccccn1. The zero-order valence-corrected chi connectivity index (χ0v) is 14.2. The van der Waals surface area contributed by atoms with Gasteiger partial charge >= 0.3 is 0 Å². The van der Waals surface area contributed by atoms with Crippen molar-refractivity contribution in [2.24, 2.45) is 0 Å². The van der Waals surface area contributed by atoms with Crippen LogP contribution in [0.15, 0.2) is 66.9 Å². The number of hydrogen-bond acceptors (Lipinski definition) is 4.